The standard InChI is InChI=1S/C12H11N3OS/c1-7-5-17-11(12(16)15-7)8-2-9-4-13-6-14-10(9)3-8/h3-4,6,11H,1-2,5H2,(H,15,16). The zero-order chi connectivity index (χ0) is 11.8. The molecule has 1 amide bonds. The molecule has 0 aromatic carbocycles. The van der Waals surface area contributed by atoms with Crippen LogP contribution < -0.4 is 5.32 Å². The Morgan fingerprint density at radius 3 is 3.18 bits per heavy atom. The van der Waals surface area contributed by atoms with E-state index in [2.05, 4.69) is 21.9 Å². The van der Waals surface area contributed by atoms with Gasteiger partial charge in [0.1, 0.15) is 11.6 Å². The van der Waals surface area contributed by atoms with Crippen molar-refractivity contribution in [3.05, 3.63) is 41.6 Å². The van der Waals surface area contributed by atoms with Gasteiger partial charge in [0.15, 0.2) is 0 Å². The number of fused-ring (bicyclic) bond motifs is 1. The van der Waals surface area contributed by atoms with Gasteiger partial charge >= 0.3 is 0 Å². The van der Waals surface area contributed by atoms with Crippen LogP contribution in [0.4, 0.5) is 0 Å². The molecule has 1 aliphatic carbocycles. The van der Waals surface area contributed by atoms with Crippen molar-refractivity contribution in [2.24, 2.45) is 0 Å². The van der Waals surface area contributed by atoms with Crippen LogP contribution in [0.2, 0.25) is 0 Å². The molecule has 5 heteroatoms. The molecule has 3 rings (SSSR count). The minimum absolute atomic E-state index is 0.0262. The van der Waals surface area contributed by atoms with Gasteiger partial charge in [0.2, 0.25) is 5.91 Å². The molecule has 2 heterocycles. The number of carbonyl (C=O) groups is 1. The van der Waals surface area contributed by atoms with Crippen LogP contribution >= 0.6 is 11.8 Å². The van der Waals surface area contributed by atoms with Crippen molar-refractivity contribution in [1.82, 2.24) is 15.3 Å². The highest BCUT2D eigenvalue weighted by Gasteiger charge is 2.30. The van der Waals surface area contributed by atoms with Crippen molar-refractivity contribution in [3.63, 3.8) is 0 Å². The fraction of sp³-hybridized carbons (Fsp3) is 0.250. The van der Waals surface area contributed by atoms with Crippen LogP contribution in [0.25, 0.3) is 6.08 Å². The Morgan fingerprint density at radius 1 is 1.53 bits per heavy atom. The maximum atomic E-state index is 11.9. The summed E-state index contributed by atoms with van der Waals surface area (Å²) in [4.78, 5) is 20.1. The van der Waals surface area contributed by atoms with E-state index in [9.17, 15) is 4.79 Å². The molecule has 1 aromatic rings. The summed E-state index contributed by atoms with van der Waals surface area (Å²) in [7, 11) is 0. The van der Waals surface area contributed by atoms with Crippen LogP contribution in [0.3, 0.4) is 0 Å². The molecule has 0 bridgehead atoms. The second-order valence-corrected chi connectivity index (χ2v) is 5.21. The molecule has 0 spiro atoms. The molecule has 1 atom stereocenters. The Kier molecular flexibility index (Phi) is 2.48. The minimum atomic E-state index is -0.116. The van der Waals surface area contributed by atoms with Gasteiger partial charge in [0, 0.05) is 23.2 Å². The lowest BCUT2D eigenvalue weighted by molar-refractivity contribution is -0.119. The van der Waals surface area contributed by atoms with E-state index in [0.717, 1.165) is 34.7 Å². The van der Waals surface area contributed by atoms with Crippen LogP contribution in [0.5, 0.6) is 0 Å². The first kappa shape index (κ1) is 10.5. The van der Waals surface area contributed by atoms with E-state index < -0.39 is 0 Å². The topological polar surface area (TPSA) is 54.9 Å². The highest BCUT2D eigenvalue weighted by Crippen LogP contribution is 2.32. The summed E-state index contributed by atoms with van der Waals surface area (Å²) >= 11 is 1.62. The summed E-state index contributed by atoms with van der Waals surface area (Å²) in [5, 5.41) is 2.69. The van der Waals surface area contributed by atoms with Crippen LogP contribution in [-0.2, 0) is 11.2 Å². The number of hydrogen-bond donors (Lipinski definition) is 1. The van der Waals surface area contributed by atoms with E-state index in [-0.39, 0.29) is 11.2 Å². The van der Waals surface area contributed by atoms with E-state index in [1.54, 1.807) is 11.8 Å². The zero-order valence-electron chi connectivity index (χ0n) is 9.14. The van der Waals surface area contributed by atoms with Gasteiger partial charge in [-0.25, -0.2) is 9.97 Å². The van der Waals surface area contributed by atoms with Gasteiger partial charge < -0.3 is 5.32 Å². The van der Waals surface area contributed by atoms with E-state index in [1.165, 1.54) is 6.33 Å². The quantitative estimate of drug-likeness (QED) is 0.806. The average Bonchev–Trinajstić information content (AvgIpc) is 2.72. The van der Waals surface area contributed by atoms with Gasteiger partial charge in [-0.1, -0.05) is 6.58 Å². The number of amides is 1. The normalized spacial score (nSPS) is 23.1. The second kappa shape index (κ2) is 4.00. The Bertz CT molecular complexity index is 538. The minimum Gasteiger partial charge on any atom is -0.328 e. The molecule has 2 aliphatic rings. The van der Waals surface area contributed by atoms with Gasteiger partial charge in [-0.3, -0.25) is 4.79 Å². The first-order valence-corrected chi connectivity index (χ1v) is 6.38. The third kappa shape index (κ3) is 1.86. The largest absolute Gasteiger partial charge is 0.328 e. The Hall–Kier alpha value is -1.62. The molecule has 1 aromatic heterocycles. The molecule has 0 radical (unpaired) electrons. The lowest BCUT2D eigenvalue weighted by atomic mass is 10.1. The predicted octanol–water partition coefficient (Wildman–Crippen LogP) is 1.16. The number of nitrogens with one attached hydrogen (secondary N) is 1. The maximum Gasteiger partial charge on any atom is 0.241 e. The highest BCUT2D eigenvalue weighted by molar-refractivity contribution is 8.01. The summed E-state index contributed by atoms with van der Waals surface area (Å²) < 4.78 is 0. The number of rotatable bonds is 1. The van der Waals surface area contributed by atoms with Crippen molar-refractivity contribution in [2.75, 3.05) is 5.75 Å². The van der Waals surface area contributed by atoms with Gasteiger partial charge in [-0.15, -0.1) is 11.8 Å². The van der Waals surface area contributed by atoms with E-state index in [0.29, 0.717) is 0 Å². The number of nitrogens with zero attached hydrogens (tertiary/aromatic N) is 2. The fourth-order valence-corrected chi connectivity index (χ4v) is 3.08. The van der Waals surface area contributed by atoms with E-state index in [1.807, 2.05) is 12.3 Å². The van der Waals surface area contributed by atoms with Gasteiger partial charge in [0.25, 0.3) is 0 Å². The average molecular weight is 245 g/mol. The third-order valence-electron chi connectivity index (χ3n) is 2.84. The molecule has 1 N–H and O–H groups in total. The first-order valence-electron chi connectivity index (χ1n) is 5.33. The van der Waals surface area contributed by atoms with E-state index in [4.69, 9.17) is 0 Å². The number of thioether (sulfide) groups is 1. The third-order valence-corrected chi connectivity index (χ3v) is 4.20. The Labute approximate surface area is 103 Å². The summed E-state index contributed by atoms with van der Waals surface area (Å²) in [6, 6.07) is 0. The van der Waals surface area contributed by atoms with Gasteiger partial charge in [-0.2, -0.15) is 0 Å². The lowest BCUT2D eigenvalue weighted by Crippen LogP contribution is -2.38. The SMILES string of the molecule is C=C1CSC(C2=Cc3ncncc3C2)C(=O)N1. The van der Waals surface area contributed by atoms with Crippen LogP contribution in [-0.4, -0.2) is 26.9 Å². The van der Waals surface area contributed by atoms with Gasteiger partial charge in [-0.05, 0) is 18.1 Å². The van der Waals surface area contributed by atoms with Crippen LogP contribution in [0.15, 0.2) is 30.4 Å². The molecular weight excluding hydrogens is 234 g/mol. The number of hydrogen-bond acceptors (Lipinski definition) is 4. The molecule has 1 unspecified atom stereocenters. The van der Waals surface area contributed by atoms with E-state index >= 15 is 0 Å². The highest BCUT2D eigenvalue weighted by atomic mass is 32.2. The molecule has 0 saturated carbocycles. The van der Waals surface area contributed by atoms with Crippen molar-refractivity contribution in [3.8, 4) is 0 Å². The molecule has 17 heavy (non-hydrogen) atoms. The van der Waals surface area contributed by atoms with Crippen LogP contribution in [0, 0.1) is 0 Å². The summed E-state index contributed by atoms with van der Waals surface area (Å²) in [6.45, 7) is 3.77. The molecule has 1 saturated heterocycles. The molecule has 1 aliphatic heterocycles. The molecule has 4 nitrogen and oxygen atoms in total. The second-order valence-electron chi connectivity index (χ2n) is 4.11. The smallest absolute Gasteiger partial charge is 0.241 e. The van der Waals surface area contributed by atoms with Crippen LogP contribution in [0.1, 0.15) is 11.3 Å². The Balaban J connectivity index is 1.84. The zero-order valence-corrected chi connectivity index (χ0v) is 9.96. The summed E-state index contributed by atoms with van der Waals surface area (Å²) in [6.07, 6.45) is 6.13. The first-order chi connectivity index (χ1) is 8.24. The summed E-state index contributed by atoms with van der Waals surface area (Å²) in [5.74, 6) is 0.800. The molecular formula is C12H11N3OS. The van der Waals surface area contributed by atoms with Crippen molar-refractivity contribution in [2.45, 2.75) is 11.7 Å². The van der Waals surface area contributed by atoms with Crippen molar-refractivity contribution >= 4 is 23.7 Å². The molecule has 86 valence electrons. The number of carbonyl (C=O) groups excluding carboxylic acids is 1. The summed E-state index contributed by atoms with van der Waals surface area (Å²) in [5.41, 5.74) is 3.93. The fourth-order valence-electron chi connectivity index (χ4n) is 2.06. The molecule has 1 fully saturated rings. The monoisotopic (exact) mass is 245 g/mol. The van der Waals surface area contributed by atoms with Gasteiger partial charge in [0.05, 0.1) is 5.69 Å². The van der Waals surface area contributed by atoms with Crippen molar-refractivity contribution < 1.29 is 4.79 Å². The van der Waals surface area contributed by atoms with Crippen molar-refractivity contribution in [1.29, 1.82) is 0 Å². The lowest BCUT2D eigenvalue weighted by Gasteiger charge is -2.23. The Morgan fingerprint density at radius 2 is 2.41 bits per heavy atom. The predicted molar refractivity (Wildman–Crippen MR) is 67.2 cm³/mol. The maximum absolute atomic E-state index is 11.9. The number of aromatic nitrogens is 2.